The highest BCUT2D eigenvalue weighted by atomic mass is 16.6. The van der Waals surface area contributed by atoms with Crippen molar-refractivity contribution in [3.63, 3.8) is 0 Å². The van der Waals surface area contributed by atoms with Gasteiger partial charge in [0, 0.05) is 12.2 Å². The maximum Gasteiger partial charge on any atom is 0.353 e. The van der Waals surface area contributed by atoms with E-state index in [1.165, 1.54) is 6.33 Å². The molecule has 2 N–H and O–H groups in total. The number of nitrogens with one attached hydrogen (secondary N) is 2. The van der Waals surface area contributed by atoms with Gasteiger partial charge in [0.1, 0.15) is 6.33 Å². The van der Waals surface area contributed by atoms with E-state index in [1.807, 2.05) is 13.8 Å². The van der Waals surface area contributed by atoms with Gasteiger partial charge in [0.2, 0.25) is 11.6 Å². The molecule has 0 saturated heterocycles. The predicted molar refractivity (Wildman–Crippen MR) is 79.6 cm³/mol. The zero-order valence-corrected chi connectivity index (χ0v) is 11.8. The third kappa shape index (κ3) is 3.62. The molecule has 110 valence electrons. The van der Waals surface area contributed by atoms with Crippen molar-refractivity contribution in [2.75, 3.05) is 10.6 Å². The summed E-state index contributed by atoms with van der Waals surface area (Å²) in [6, 6.07) is 3.55. The second kappa shape index (κ2) is 6.60. The third-order valence-electron chi connectivity index (χ3n) is 2.92. The largest absolute Gasteiger partial charge is 0.362 e. The number of pyridine rings is 1. The van der Waals surface area contributed by atoms with E-state index in [2.05, 4.69) is 25.6 Å². The van der Waals surface area contributed by atoms with Crippen LogP contribution in [-0.2, 0) is 0 Å². The summed E-state index contributed by atoms with van der Waals surface area (Å²) in [6.07, 6.45) is 5.30. The molecule has 2 rings (SSSR count). The van der Waals surface area contributed by atoms with Crippen molar-refractivity contribution in [3.8, 4) is 0 Å². The fourth-order valence-corrected chi connectivity index (χ4v) is 1.66. The average molecular weight is 288 g/mol. The molecule has 0 aliphatic rings. The fraction of sp³-hybridized carbons (Fsp3) is 0.308. The Bertz CT molecular complexity index is 619. The van der Waals surface area contributed by atoms with Crippen LogP contribution in [0.2, 0.25) is 0 Å². The van der Waals surface area contributed by atoms with Gasteiger partial charge in [-0.05, 0) is 25.5 Å². The molecule has 8 heteroatoms. The van der Waals surface area contributed by atoms with Crippen LogP contribution in [0.3, 0.4) is 0 Å². The second-order valence-electron chi connectivity index (χ2n) is 4.50. The van der Waals surface area contributed by atoms with Gasteiger partial charge in [0.25, 0.3) is 0 Å². The van der Waals surface area contributed by atoms with Crippen LogP contribution in [0.1, 0.15) is 20.3 Å². The summed E-state index contributed by atoms with van der Waals surface area (Å²) in [5, 5.41) is 17.2. The highest BCUT2D eigenvalue weighted by molar-refractivity contribution is 5.73. The van der Waals surface area contributed by atoms with Crippen LogP contribution in [0.25, 0.3) is 0 Å². The summed E-state index contributed by atoms with van der Waals surface area (Å²) in [6.45, 7) is 3.92. The first-order valence-corrected chi connectivity index (χ1v) is 6.54. The minimum absolute atomic E-state index is 0.0739. The molecule has 1 unspecified atom stereocenters. The summed E-state index contributed by atoms with van der Waals surface area (Å²) in [7, 11) is 0. The number of aromatic nitrogens is 3. The van der Waals surface area contributed by atoms with Gasteiger partial charge in [0.05, 0.1) is 16.8 Å². The molecule has 21 heavy (non-hydrogen) atoms. The van der Waals surface area contributed by atoms with Gasteiger partial charge >= 0.3 is 5.69 Å². The van der Waals surface area contributed by atoms with Crippen LogP contribution >= 0.6 is 0 Å². The Morgan fingerprint density at radius 1 is 1.38 bits per heavy atom. The molecular formula is C13H16N6O2. The Morgan fingerprint density at radius 2 is 2.14 bits per heavy atom. The molecule has 0 saturated carbocycles. The smallest absolute Gasteiger partial charge is 0.353 e. The quantitative estimate of drug-likeness (QED) is 0.621. The van der Waals surface area contributed by atoms with E-state index in [4.69, 9.17) is 0 Å². The molecule has 0 bridgehead atoms. The van der Waals surface area contributed by atoms with E-state index in [9.17, 15) is 10.1 Å². The van der Waals surface area contributed by atoms with Crippen molar-refractivity contribution in [1.29, 1.82) is 0 Å². The second-order valence-corrected chi connectivity index (χ2v) is 4.50. The Hall–Kier alpha value is -2.77. The van der Waals surface area contributed by atoms with E-state index in [0.717, 1.165) is 6.42 Å². The molecule has 2 heterocycles. The number of nitro groups is 1. The standard InChI is InChI=1S/C13H16N6O2/c1-3-9(2)17-12-11(19(20)21)13(16-8-15-12)18-10-5-4-6-14-7-10/h4-9H,3H2,1-2H3,(H2,15,16,17,18). The first kappa shape index (κ1) is 14.6. The summed E-state index contributed by atoms with van der Waals surface area (Å²) >= 11 is 0. The molecule has 0 amide bonds. The Balaban J connectivity index is 2.36. The van der Waals surface area contributed by atoms with Gasteiger partial charge in [-0.3, -0.25) is 15.1 Å². The van der Waals surface area contributed by atoms with Crippen LogP contribution < -0.4 is 10.6 Å². The van der Waals surface area contributed by atoms with Crippen LogP contribution in [0.5, 0.6) is 0 Å². The van der Waals surface area contributed by atoms with Crippen LogP contribution in [0.4, 0.5) is 23.0 Å². The van der Waals surface area contributed by atoms with Gasteiger partial charge in [0.15, 0.2) is 0 Å². The average Bonchev–Trinajstić information content (AvgIpc) is 2.48. The van der Waals surface area contributed by atoms with Gasteiger partial charge in [-0.1, -0.05) is 6.92 Å². The summed E-state index contributed by atoms with van der Waals surface area (Å²) < 4.78 is 0. The number of anilines is 3. The summed E-state index contributed by atoms with van der Waals surface area (Å²) in [4.78, 5) is 22.7. The molecule has 0 radical (unpaired) electrons. The van der Waals surface area contributed by atoms with E-state index in [-0.39, 0.29) is 23.4 Å². The van der Waals surface area contributed by atoms with E-state index >= 15 is 0 Å². The number of hydrogen-bond acceptors (Lipinski definition) is 7. The van der Waals surface area contributed by atoms with E-state index in [0.29, 0.717) is 5.69 Å². The molecule has 0 aromatic carbocycles. The van der Waals surface area contributed by atoms with Crippen LogP contribution in [0.15, 0.2) is 30.9 Å². The SMILES string of the molecule is CCC(C)Nc1ncnc(Nc2cccnc2)c1[N+](=O)[O-]. The van der Waals surface area contributed by atoms with E-state index in [1.54, 1.807) is 24.5 Å². The zero-order chi connectivity index (χ0) is 15.2. The van der Waals surface area contributed by atoms with Gasteiger partial charge in [-0.15, -0.1) is 0 Å². The van der Waals surface area contributed by atoms with Crippen molar-refractivity contribution < 1.29 is 4.92 Å². The van der Waals surface area contributed by atoms with Gasteiger partial charge in [-0.25, -0.2) is 9.97 Å². The lowest BCUT2D eigenvalue weighted by Crippen LogP contribution is -2.16. The topological polar surface area (TPSA) is 106 Å². The highest BCUT2D eigenvalue weighted by Gasteiger charge is 2.23. The minimum Gasteiger partial charge on any atom is -0.362 e. The van der Waals surface area contributed by atoms with Crippen LogP contribution in [-0.4, -0.2) is 25.9 Å². The van der Waals surface area contributed by atoms with E-state index < -0.39 is 4.92 Å². The molecule has 0 aliphatic heterocycles. The Labute approximate surface area is 121 Å². The lowest BCUT2D eigenvalue weighted by Gasteiger charge is -2.13. The number of hydrogen-bond donors (Lipinski definition) is 2. The van der Waals surface area contributed by atoms with Crippen molar-refractivity contribution in [3.05, 3.63) is 41.0 Å². The lowest BCUT2D eigenvalue weighted by molar-refractivity contribution is -0.383. The van der Waals surface area contributed by atoms with Crippen molar-refractivity contribution in [2.24, 2.45) is 0 Å². The molecule has 2 aromatic heterocycles. The molecule has 1 atom stereocenters. The van der Waals surface area contributed by atoms with Crippen molar-refractivity contribution in [2.45, 2.75) is 26.3 Å². The van der Waals surface area contributed by atoms with Gasteiger partial charge < -0.3 is 10.6 Å². The summed E-state index contributed by atoms with van der Waals surface area (Å²) in [5.74, 6) is 0.338. The molecule has 0 fully saturated rings. The number of rotatable bonds is 6. The molecular weight excluding hydrogens is 272 g/mol. The monoisotopic (exact) mass is 288 g/mol. The van der Waals surface area contributed by atoms with Crippen molar-refractivity contribution in [1.82, 2.24) is 15.0 Å². The first-order valence-electron chi connectivity index (χ1n) is 6.54. The predicted octanol–water partition coefficient (Wildman–Crippen LogP) is 2.73. The molecule has 8 nitrogen and oxygen atoms in total. The molecule has 0 spiro atoms. The summed E-state index contributed by atoms with van der Waals surface area (Å²) in [5.41, 5.74) is 0.440. The lowest BCUT2D eigenvalue weighted by atomic mass is 10.2. The minimum atomic E-state index is -0.497. The van der Waals surface area contributed by atoms with Crippen LogP contribution in [0, 0.1) is 10.1 Å². The third-order valence-corrected chi connectivity index (χ3v) is 2.92. The number of nitrogens with zero attached hydrogens (tertiary/aromatic N) is 4. The fourth-order valence-electron chi connectivity index (χ4n) is 1.66. The molecule has 2 aromatic rings. The first-order chi connectivity index (χ1) is 10.1. The Morgan fingerprint density at radius 3 is 2.76 bits per heavy atom. The normalized spacial score (nSPS) is 11.7. The maximum absolute atomic E-state index is 11.3. The molecule has 0 aliphatic carbocycles. The zero-order valence-electron chi connectivity index (χ0n) is 11.8. The van der Waals surface area contributed by atoms with Crippen molar-refractivity contribution >= 4 is 23.0 Å². The highest BCUT2D eigenvalue weighted by Crippen LogP contribution is 2.31. The maximum atomic E-state index is 11.3. The Kier molecular flexibility index (Phi) is 4.60. The van der Waals surface area contributed by atoms with Gasteiger partial charge in [-0.2, -0.15) is 0 Å².